The molecule has 2 atom stereocenters. The van der Waals surface area contributed by atoms with Crippen LogP contribution in [0.5, 0.6) is 0 Å². The monoisotopic (exact) mass is 667 g/mol. The molecule has 0 saturated carbocycles. The number of hydrogen-bond acceptors (Lipinski definition) is 7. The first-order chi connectivity index (χ1) is 22.4. The molecule has 3 fully saturated rings. The number of anilines is 1. The van der Waals surface area contributed by atoms with Gasteiger partial charge in [0.2, 0.25) is 11.8 Å². The first-order valence-corrected chi connectivity index (χ1v) is 17.9. The molecule has 0 radical (unpaired) electrons. The fourth-order valence-electron chi connectivity index (χ4n) is 7.16. The van der Waals surface area contributed by atoms with Gasteiger partial charge in [-0.05, 0) is 56.7 Å². The van der Waals surface area contributed by atoms with Gasteiger partial charge in [0.05, 0.1) is 16.5 Å². The highest BCUT2D eigenvalue weighted by Gasteiger charge is 2.44. The molecule has 0 bridgehead atoms. The number of benzene rings is 1. The molecule has 3 aliphatic rings. The number of imidazole rings is 1. The molecule has 0 spiro atoms. The molecule has 256 valence electrons. The van der Waals surface area contributed by atoms with Crippen molar-refractivity contribution in [2.24, 2.45) is 5.41 Å². The summed E-state index contributed by atoms with van der Waals surface area (Å²) in [7, 11) is 0. The standard InChI is InChI=1S/C35H48FN7O3S.H2/c1-23(2)39-18-20-41(21-19-39)30-25(8-6-9-26(30)36)33-42(17-13-35(3,4)5)32(45)28(47-33)22-29(44)40-15-11-24(12-16-40)43-27-10-7-14-37-31(27)38-34(43)46;/h6-10,14,23-24,28,33H,11-13,15-22H2,1-5H3,(H,37,38,46);1H. The van der Waals surface area contributed by atoms with Crippen molar-refractivity contribution >= 4 is 40.4 Å². The van der Waals surface area contributed by atoms with E-state index in [1.54, 1.807) is 16.8 Å². The average Bonchev–Trinajstić information content (AvgIpc) is 3.54. The molecule has 5 heterocycles. The van der Waals surface area contributed by atoms with Crippen LogP contribution in [0.3, 0.4) is 0 Å². The van der Waals surface area contributed by atoms with E-state index < -0.39 is 5.25 Å². The molecular formula is C35H50FN7O3S. The summed E-state index contributed by atoms with van der Waals surface area (Å²) in [4.78, 5) is 55.8. The second-order valence-electron chi connectivity index (χ2n) is 14.6. The normalized spacial score (nSPS) is 21.9. The number of carbonyl (C=O) groups excluding carboxylic acids is 2. The number of aromatic amines is 1. The van der Waals surface area contributed by atoms with Crippen LogP contribution >= 0.6 is 11.8 Å². The van der Waals surface area contributed by atoms with Gasteiger partial charge in [-0.15, -0.1) is 11.8 Å². The van der Waals surface area contributed by atoms with Crippen LogP contribution in [0.4, 0.5) is 10.1 Å². The molecule has 2 unspecified atom stereocenters. The van der Waals surface area contributed by atoms with Crippen LogP contribution in [-0.2, 0) is 9.59 Å². The number of fused-ring (bicyclic) bond motifs is 1. The minimum Gasteiger partial charge on any atom is -0.366 e. The minimum absolute atomic E-state index is 0. The summed E-state index contributed by atoms with van der Waals surface area (Å²) in [6, 6.07) is 9.32. The number of likely N-dealkylation sites (tertiary alicyclic amines) is 1. The molecule has 6 rings (SSSR count). The molecular weight excluding hydrogens is 617 g/mol. The van der Waals surface area contributed by atoms with Gasteiger partial charge < -0.3 is 14.7 Å². The second-order valence-corrected chi connectivity index (χ2v) is 15.9. The number of thioether (sulfide) groups is 1. The maximum Gasteiger partial charge on any atom is 0.327 e. The summed E-state index contributed by atoms with van der Waals surface area (Å²) in [5, 5.41) is -0.911. The van der Waals surface area contributed by atoms with E-state index in [2.05, 4.69) is 54.4 Å². The number of piperidine rings is 1. The summed E-state index contributed by atoms with van der Waals surface area (Å²) in [6.07, 6.45) is 3.85. The molecule has 1 N–H and O–H groups in total. The van der Waals surface area contributed by atoms with Gasteiger partial charge in [0, 0.05) is 77.5 Å². The van der Waals surface area contributed by atoms with Crippen LogP contribution in [0.2, 0.25) is 0 Å². The number of piperazine rings is 1. The van der Waals surface area contributed by atoms with Crippen molar-refractivity contribution in [1.29, 1.82) is 0 Å². The van der Waals surface area contributed by atoms with Crippen molar-refractivity contribution in [3.05, 3.63) is 58.4 Å². The third kappa shape index (κ3) is 7.09. The van der Waals surface area contributed by atoms with Gasteiger partial charge in [-0.1, -0.05) is 32.9 Å². The maximum absolute atomic E-state index is 15.7. The number of nitrogens with one attached hydrogen (secondary N) is 1. The number of nitrogens with zero attached hydrogens (tertiary/aromatic N) is 6. The first kappa shape index (κ1) is 33.5. The fourth-order valence-corrected chi connectivity index (χ4v) is 8.65. The largest absolute Gasteiger partial charge is 0.366 e. The highest BCUT2D eigenvalue weighted by molar-refractivity contribution is 8.01. The van der Waals surface area contributed by atoms with Crippen molar-refractivity contribution < 1.29 is 15.4 Å². The van der Waals surface area contributed by atoms with E-state index in [9.17, 15) is 14.4 Å². The predicted octanol–water partition coefficient (Wildman–Crippen LogP) is 5.27. The van der Waals surface area contributed by atoms with Crippen LogP contribution in [-0.4, -0.2) is 98.2 Å². The van der Waals surface area contributed by atoms with Crippen LogP contribution in [0.25, 0.3) is 11.2 Å². The Kier molecular flexibility index (Phi) is 9.71. The van der Waals surface area contributed by atoms with E-state index in [1.807, 2.05) is 28.0 Å². The number of H-pyrrole nitrogens is 1. The smallest absolute Gasteiger partial charge is 0.327 e. The Morgan fingerprint density at radius 2 is 1.79 bits per heavy atom. The topological polar surface area (TPSA) is 97.8 Å². The van der Waals surface area contributed by atoms with Gasteiger partial charge in [0.25, 0.3) is 0 Å². The van der Waals surface area contributed by atoms with Gasteiger partial charge >= 0.3 is 5.69 Å². The lowest BCUT2D eigenvalue weighted by molar-refractivity contribution is -0.136. The molecule has 10 nitrogen and oxygen atoms in total. The molecule has 1 aromatic carbocycles. The Morgan fingerprint density at radius 3 is 2.47 bits per heavy atom. The fraction of sp³-hybridized carbons (Fsp3) is 0.600. The highest BCUT2D eigenvalue weighted by Crippen LogP contribution is 2.48. The van der Waals surface area contributed by atoms with Gasteiger partial charge in [0.15, 0.2) is 5.65 Å². The van der Waals surface area contributed by atoms with E-state index in [4.69, 9.17) is 0 Å². The van der Waals surface area contributed by atoms with Crippen LogP contribution in [0.1, 0.15) is 78.7 Å². The van der Waals surface area contributed by atoms with Crippen molar-refractivity contribution in [1.82, 2.24) is 29.2 Å². The Bertz CT molecular complexity index is 1660. The molecule has 12 heteroatoms. The zero-order valence-corrected chi connectivity index (χ0v) is 29.1. The maximum atomic E-state index is 15.7. The van der Waals surface area contributed by atoms with Crippen molar-refractivity contribution in [3.8, 4) is 0 Å². The molecule has 2 amide bonds. The van der Waals surface area contributed by atoms with Crippen LogP contribution in [0.15, 0.2) is 41.3 Å². The highest BCUT2D eigenvalue weighted by atomic mass is 32.2. The van der Waals surface area contributed by atoms with E-state index in [-0.39, 0.29) is 48.0 Å². The van der Waals surface area contributed by atoms with E-state index in [0.717, 1.165) is 43.7 Å². The van der Waals surface area contributed by atoms with Gasteiger partial charge in [0.1, 0.15) is 11.2 Å². The number of halogens is 1. The van der Waals surface area contributed by atoms with Gasteiger partial charge in [-0.3, -0.25) is 24.0 Å². The number of para-hydroxylation sites is 1. The molecule has 47 heavy (non-hydrogen) atoms. The Balaban J connectivity index is 0.00000451. The molecule has 3 aliphatic heterocycles. The van der Waals surface area contributed by atoms with Gasteiger partial charge in [-0.25, -0.2) is 14.2 Å². The minimum atomic E-state index is -0.540. The molecule has 3 saturated heterocycles. The van der Waals surface area contributed by atoms with Crippen molar-refractivity contribution in [2.75, 3.05) is 50.7 Å². The summed E-state index contributed by atoms with van der Waals surface area (Å²) in [5.41, 5.74) is 2.56. The zero-order valence-electron chi connectivity index (χ0n) is 28.2. The number of carbonyl (C=O) groups is 2. The lowest BCUT2D eigenvalue weighted by Crippen LogP contribution is -2.49. The molecule has 0 aliphatic carbocycles. The lowest BCUT2D eigenvalue weighted by atomic mass is 9.92. The first-order valence-electron chi connectivity index (χ1n) is 17.0. The third-order valence-electron chi connectivity index (χ3n) is 9.91. The number of aromatic nitrogens is 3. The van der Waals surface area contributed by atoms with E-state index >= 15 is 4.39 Å². The Morgan fingerprint density at radius 1 is 1.06 bits per heavy atom. The zero-order chi connectivity index (χ0) is 33.5. The van der Waals surface area contributed by atoms with Crippen molar-refractivity contribution in [2.45, 2.75) is 83.0 Å². The number of rotatable bonds is 8. The SMILES string of the molecule is CC(C)N1CCN(c2c(F)cccc2C2SC(CC(=O)N3CCC(n4c(=O)[nH]c5ncccc54)CC3)C(=O)N2CCC(C)(C)C)CC1.[HH]. The second kappa shape index (κ2) is 13.6. The summed E-state index contributed by atoms with van der Waals surface area (Å²) < 4.78 is 17.4. The number of pyridine rings is 1. The quantitative estimate of drug-likeness (QED) is 0.350. The summed E-state index contributed by atoms with van der Waals surface area (Å²) >= 11 is 1.49. The Hall–Kier alpha value is -3.38. The van der Waals surface area contributed by atoms with Gasteiger partial charge in [-0.2, -0.15) is 0 Å². The van der Waals surface area contributed by atoms with E-state index in [1.165, 1.54) is 17.8 Å². The van der Waals surface area contributed by atoms with Crippen LogP contribution < -0.4 is 10.6 Å². The molecule has 2 aromatic heterocycles. The lowest BCUT2D eigenvalue weighted by Gasteiger charge is -2.40. The summed E-state index contributed by atoms with van der Waals surface area (Å²) in [5.74, 6) is -0.370. The molecule has 3 aromatic rings. The third-order valence-corrected chi connectivity index (χ3v) is 11.4. The van der Waals surface area contributed by atoms with E-state index in [0.29, 0.717) is 49.9 Å². The Labute approximate surface area is 282 Å². The number of hydrogen-bond donors (Lipinski definition) is 1. The number of amides is 2. The van der Waals surface area contributed by atoms with Crippen LogP contribution in [0, 0.1) is 11.2 Å². The predicted molar refractivity (Wildman–Crippen MR) is 187 cm³/mol. The van der Waals surface area contributed by atoms with Crippen molar-refractivity contribution in [3.63, 3.8) is 0 Å². The summed E-state index contributed by atoms with van der Waals surface area (Å²) in [6.45, 7) is 15.6. The average molecular weight is 668 g/mol.